The average molecular weight is 387 g/mol. The number of nitrogens with zero attached hydrogens (tertiary/aromatic N) is 6. The second-order valence-corrected chi connectivity index (χ2v) is 6.79. The molecule has 1 atom stereocenters. The van der Waals surface area contributed by atoms with Gasteiger partial charge in [-0.05, 0) is 38.3 Å². The van der Waals surface area contributed by atoms with E-state index in [0.717, 1.165) is 24.8 Å². The Morgan fingerprint density at radius 2 is 2.15 bits per heavy atom. The molecule has 0 bridgehead atoms. The number of amides is 1. The predicted molar refractivity (Wildman–Crippen MR) is 98.1 cm³/mol. The Kier molecular flexibility index (Phi) is 4.89. The van der Waals surface area contributed by atoms with Gasteiger partial charge in [0.1, 0.15) is 6.04 Å². The number of carbonyl (C=O) groups is 1. The van der Waals surface area contributed by atoms with Gasteiger partial charge in [-0.3, -0.25) is 14.5 Å². The molecule has 0 N–H and O–H groups in total. The normalized spacial score (nSPS) is 17.3. The molecule has 0 radical (unpaired) electrons. The molecule has 0 aromatic carbocycles. The van der Waals surface area contributed by atoms with Crippen LogP contribution in [0.15, 0.2) is 35.2 Å². The molecule has 4 heterocycles. The Bertz CT molecular complexity index is 938. The van der Waals surface area contributed by atoms with E-state index in [9.17, 15) is 4.79 Å². The molecule has 8 nitrogen and oxygen atoms in total. The first-order valence-electron chi connectivity index (χ1n) is 8.95. The van der Waals surface area contributed by atoms with Gasteiger partial charge in [0.05, 0.1) is 5.02 Å². The Hall–Kier alpha value is -2.74. The Morgan fingerprint density at radius 3 is 2.89 bits per heavy atom. The maximum absolute atomic E-state index is 13.1. The van der Waals surface area contributed by atoms with Gasteiger partial charge in [-0.15, -0.1) is 0 Å². The van der Waals surface area contributed by atoms with Crippen LogP contribution in [0.4, 0.5) is 0 Å². The molecular weight excluding hydrogens is 368 g/mol. The minimum atomic E-state index is -0.280. The quantitative estimate of drug-likeness (QED) is 0.682. The van der Waals surface area contributed by atoms with Crippen molar-refractivity contribution in [3.8, 4) is 11.4 Å². The molecule has 3 aromatic heterocycles. The number of carbonyl (C=O) groups excluding carboxylic acids is 1. The topological polar surface area (TPSA) is 89.9 Å². The van der Waals surface area contributed by atoms with Crippen LogP contribution < -0.4 is 0 Å². The molecule has 4 rings (SSSR count). The smallest absolute Gasteiger partial charge is 0.276 e. The largest absolute Gasteiger partial charge is 0.337 e. The van der Waals surface area contributed by atoms with Crippen LogP contribution in [-0.2, 0) is 6.54 Å². The number of halogens is 1. The number of pyridine rings is 1. The van der Waals surface area contributed by atoms with E-state index in [1.807, 2.05) is 19.1 Å². The summed E-state index contributed by atoms with van der Waals surface area (Å²) in [5, 5.41) is 8.73. The summed E-state index contributed by atoms with van der Waals surface area (Å²) in [5.41, 5.74) is 1.08. The van der Waals surface area contributed by atoms with Crippen LogP contribution in [0.2, 0.25) is 5.02 Å². The average Bonchev–Trinajstić information content (AvgIpc) is 3.35. The van der Waals surface area contributed by atoms with E-state index in [-0.39, 0.29) is 17.6 Å². The van der Waals surface area contributed by atoms with Gasteiger partial charge in [-0.25, -0.2) is 0 Å². The van der Waals surface area contributed by atoms with E-state index in [2.05, 4.69) is 20.2 Å². The Balaban J connectivity index is 1.62. The van der Waals surface area contributed by atoms with E-state index in [1.165, 1.54) is 0 Å². The lowest BCUT2D eigenvalue weighted by molar-refractivity contribution is 0.0554. The molecule has 1 aliphatic rings. The highest BCUT2D eigenvalue weighted by Gasteiger charge is 2.34. The number of rotatable bonds is 4. The molecule has 1 amide bonds. The first-order chi connectivity index (χ1) is 13.2. The zero-order chi connectivity index (χ0) is 18.8. The van der Waals surface area contributed by atoms with Gasteiger partial charge in [0.2, 0.25) is 11.7 Å². The Morgan fingerprint density at radius 1 is 1.33 bits per heavy atom. The molecule has 27 heavy (non-hydrogen) atoms. The van der Waals surface area contributed by atoms with Crippen LogP contribution in [0.25, 0.3) is 11.4 Å². The summed E-state index contributed by atoms with van der Waals surface area (Å²) >= 11 is 6.23. The first kappa shape index (κ1) is 17.7. The molecule has 1 aliphatic heterocycles. The standard InChI is InChI=1S/C18H19ClN6O2/c1-2-24-11-13(19)15(22-24)18(26)25-10-4-3-5-14(25)17-21-16(23-27-17)12-6-8-20-9-7-12/h6-9,11,14H,2-5,10H2,1H3/t14-/m0/s1. The molecule has 140 valence electrons. The lowest BCUT2D eigenvalue weighted by atomic mass is 10.0. The van der Waals surface area contributed by atoms with E-state index in [1.54, 1.807) is 28.2 Å². The zero-order valence-corrected chi connectivity index (χ0v) is 15.6. The summed E-state index contributed by atoms with van der Waals surface area (Å²) in [6, 6.07) is 3.35. The fourth-order valence-corrected chi connectivity index (χ4v) is 3.49. The van der Waals surface area contributed by atoms with Gasteiger partial charge in [-0.2, -0.15) is 10.1 Å². The van der Waals surface area contributed by atoms with Crippen LogP contribution in [0, 0.1) is 0 Å². The van der Waals surface area contributed by atoms with Gasteiger partial charge < -0.3 is 9.42 Å². The van der Waals surface area contributed by atoms with Crippen molar-refractivity contribution in [2.45, 2.75) is 38.8 Å². The van der Waals surface area contributed by atoms with Gasteiger partial charge >= 0.3 is 0 Å². The number of likely N-dealkylation sites (tertiary alicyclic amines) is 1. The third-order valence-corrected chi connectivity index (χ3v) is 4.95. The minimum Gasteiger partial charge on any atom is -0.337 e. The van der Waals surface area contributed by atoms with Crippen molar-refractivity contribution in [1.29, 1.82) is 0 Å². The third-order valence-electron chi connectivity index (χ3n) is 4.67. The maximum Gasteiger partial charge on any atom is 0.276 e. The van der Waals surface area contributed by atoms with Crippen LogP contribution in [0.5, 0.6) is 0 Å². The van der Waals surface area contributed by atoms with Gasteiger partial charge in [0.15, 0.2) is 5.69 Å². The van der Waals surface area contributed by atoms with Gasteiger partial charge in [0.25, 0.3) is 5.91 Å². The van der Waals surface area contributed by atoms with Crippen molar-refractivity contribution in [3.63, 3.8) is 0 Å². The molecular formula is C18H19ClN6O2. The van der Waals surface area contributed by atoms with Crippen molar-refractivity contribution in [2.24, 2.45) is 0 Å². The van der Waals surface area contributed by atoms with Crippen LogP contribution in [0.3, 0.4) is 0 Å². The summed E-state index contributed by atoms with van der Waals surface area (Å²) < 4.78 is 7.15. The van der Waals surface area contributed by atoms with E-state index in [0.29, 0.717) is 29.8 Å². The van der Waals surface area contributed by atoms with Crippen molar-refractivity contribution in [2.75, 3.05) is 6.54 Å². The highest BCUT2D eigenvalue weighted by atomic mass is 35.5. The molecule has 0 unspecified atom stereocenters. The fourth-order valence-electron chi connectivity index (χ4n) is 3.26. The highest BCUT2D eigenvalue weighted by molar-refractivity contribution is 6.33. The van der Waals surface area contributed by atoms with Gasteiger partial charge in [0, 0.05) is 37.2 Å². The van der Waals surface area contributed by atoms with Crippen molar-refractivity contribution >= 4 is 17.5 Å². The number of hydrogen-bond acceptors (Lipinski definition) is 6. The number of aryl methyl sites for hydroxylation is 1. The maximum atomic E-state index is 13.1. The predicted octanol–water partition coefficient (Wildman–Crippen LogP) is 3.37. The van der Waals surface area contributed by atoms with Crippen molar-refractivity contribution in [1.82, 2.24) is 29.8 Å². The summed E-state index contributed by atoms with van der Waals surface area (Å²) in [7, 11) is 0. The number of hydrogen-bond donors (Lipinski definition) is 0. The molecule has 9 heteroatoms. The second kappa shape index (κ2) is 7.48. The van der Waals surface area contributed by atoms with E-state index >= 15 is 0 Å². The van der Waals surface area contributed by atoms with E-state index < -0.39 is 0 Å². The third kappa shape index (κ3) is 3.44. The van der Waals surface area contributed by atoms with Crippen molar-refractivity contribution in [3.05, 3.63) is 47.3 Å². The number of piperidine rings is 1. The highest BCUT2D eigenvalue weighted by Crippen LogP contribution is 2.33. The lowest BCUT2D eigenvalue weighted by Crippen LogP contribution is -2.39. The van der Waals surface area contributed by atoms with Crippen LogP contribution in [0.1, 0.15) is 48.6 Å². The summed E-state index contributed by atoms with van der Waals surface area (Å²) in [6.45, 7) is 3.20. The monoisotopic (exact) mass is 386 g/mol. The molecule has 1 fully saturated rings. The minimum absolute atomic E-state index is 0.208. The SMILES string of the molecule is CCn1cc(Cl)c(C(=O)N2CCCC[C@H]2c2nc(-c3ccncc3)no2)n1. The summed E-state index contributed by atoms with van der Waals surface area (Å²) in [4.78, 5) is 23.3. The zero-order valence-electron chi connectivity index (χ0n) is 14.9. The fraction of sp³-hybridized carbons (Fsp3) is 0.389. The molecule has 1 saturated heterocycles. The molecule has 0 aliphatic carbocycles. The second-order valence-electron chi connectivity index (χ2n) is 6.38. The molecule has 0 spiro atoms. The number of aromatic nitrogens is 5. The lowest BCUT2D eigenvalue weighted by Gasteiger charge is -2.32. The summed E-state index contributed by atoms with van der Waals surface area (Å²) in [5.74, 6) is 0.708. The van der Waals surface area contributed by atoms with Crippen molar-refractivity contribution < 1.29 is 9.32 Å². The van der Waals surface area contributed by atoms with Gasteiger partial charge in [-0.1, -0.05) is 16.8 Å². The van der Waals surface area contributed by atoms with Crippen LogP contribution >= 0.6 is 11.6 Å². The first-order valence-corrected chi connectivity index (χ1v) is 9.33. The summed E-state index contributed by atoms with van der Waals surface area (Å²) in [6.07, 6.45) is 7.68. The van der Waals surface area contributed by atoms with E-state index in [4.69, 9.17) is 16.1 Å². The van der Waals surface area contributed by atoms with Crippen LogP contribution in [-0.4, -0.2) is 42.3 Å². The molecule has 3 aromatic rings. The molecule has 0 saturated carbocycles. The Labute approximate surface area is 161 Å².